The number of nitrogens with zero attached hydrogens (tertiary/aromatic N) is 1. The number of carbonyl (C=O) groups is 4. The molecule has 3 aromatic rings. The maximum absolute atomic E-state index is 13.5. The number of halogens is 3. The minimum Gasteiger partial charge on any atom is -0.465 e. The van der Waals surface area contributed by atoms with E-state index in [1.165, 1.54) is 31.4 Å². The summed E-state index contributed by atoms with van der Waals surface area (Å²) in [5.41, 5.74) is 0.999. The number of imide groups is 1. The molecule has 3 amide bonds. The number of carbonyl (C=O) groups excluding carboxylic acids is 4. The van der Waals surface area contributed by atoms with E-state index < -0.39 is 29.5 Å². The van der Waals surface area contributed by atoms with Crippen molar-refractivity contribution in [3.05, 3.63) is 99.4 Å². The summed E-state index contributed by atoms with van der Waals surface area (Å²) in [4.78, 5) is 50.8. The second-order valence-corrected chi connectivity index (χ2v) is 8.25. The largest absolute Gasteiger partial charge is 0.465 e. The Morgan fingerprint density at radius 1 is 0.889 bits per heavy atom. The molecule has 2 N–H and O–H groups in total. The first-order valence-corrected chi connectivity index (χ1v) is 11.1. The molecular formula is C25H16Cl2FN3O5. The number of esters is 1. The van der Waals surface area contributed by atoms with Gasteiger partial charge in [0.15, 0.2) is 0 Å². The number of rotatable bonds is 6. The van der Waals surface area contributed by atoms with Crippen molar-refractivity contribution in [3.63, 3.8) is 0 Å². The molecule has 0 saturated heterocycles. The van der Waals surface area contributed by atoms with Crippen molar-refractivity contribution in [3.8, 4) is 0 Å². The van der Waals surface area contributed by atoms with Crippen molar-refractivity contribution in [2.45, 2.75) is 0 Å². The van der Waals surface area contributed by atoms with Crippen LogP contribution in [0.15, 0.2) is 77.5 Å². The van der Waals surface area contributed by atoms with Crippen molar-refractivity contribution >= 4 is 64.0 Å². The lowest BCUT2D eigenvalue weighted by Gasteiger charge is -2.15. The molecule has 0 saturated carbocycles. The van der Waals surface area contributed by atoms with Gasteiger partial charge >= 0.3 is 5.97 Å². The quantitative estimate of drug-likeness (QED) is 0.347. The van der Waals surface area contributed by atoms with E-state index in [1.54, 1.807) is 30.3 Å². The third kappa shape index (κ3) is 4.93. The lowest BCUT2D eigenvalue weighted by Crippen LogP contribution is -2.32. The van der Waals surface area contributed by atoms with Crippen LogP contribution in [0.5, 0.6) is 0 Å². The van der Waals surface area contributed by atoms with Crippen molar-refractivity contribution in [1.82, 2.24) is 0 Å². The van der Waals surface area contributed by atoms with E-state index in [-0.39, 0.29) is 32.6 Å². The standard InChI is InChI=1S/C25H16Cl2FN3O5/c1-36-25(35)14-5-3-7-16(11-14)30-22(32)13-4-2-6-15(10-13)29-21-20(27)23(33)31(24(21)34)17-8-9-19(28)18(26)12-17/h2-12,29H,1H3,(H,30,32). The molecule has 8 nitrogen and oxygen atoms in total. The van der Waals surface area contributed by atoms with Crippen LogP contribution < -0.4 is 15.5 Å². The van der Waals surface area contributed by atoms with E-state index >= 15 is 0 Å². The molecule has 1 heterocycles. The average molecular weight is 528 g/mol. The highest BCUT2D eigenvalue weighted by Crippen LogP contribution is 2.32. The summed E-state index contributed by atoms with van der Waals surface area (Å²) in [5.74, 6) is -3.33. The van der Waals surface area contributed by atoms with Crippen molar-refractivity contribution < 1.29 is 28.3 Å². The van der Waals surface area contributed by atoms with Gasteiger partial charge in [-0.3, -0.25) is 14.4 Å². The molecule has 0 fully saturated rings. The Bertz CT molecular complexity index is 1460. The first-order chi connectivity index (χ1) is 17.2. The third-order valence-corrected chi connectivity index (χ3v) is 5.76. The monoisotopic (exact) mass is 527 g/mol. The van der Waals surface area contributed by atoms with E-state index in [4.69, 9.17) is 23.2 Å². The van der Waals surface area contributed by atoms with Gasteiger partial charge < -0.3 is 15.4 Å². The van der Waals surface area contributed by atoms with Crippen LogP contribution in [-0.2, 0) is 14.3 Å². The highest BCUT2D eigenvalue weighted by Gasteiger charge is 2.39. The van der Waals surface area contributed by atoms with Crippen LogP contribution >= 0.6 is 23.2 Å². The van der Waals surface area contributed by atoms with Crippen molar-refractivity contribution in [2.75, 3.05) is 22.6 Å². The Balaban J connectivity index is 1.53. The summed E-state index contributed by atoms with van der Waals surface area (Å²) in [7, 11) is 1.25. The van der Waals surface area contributed by atoms with Gasteiger partial charge in [0.05, 0.1) is 23.4 Å². The molecule has 1 aliphatic rings. The molecule has 3 aromatic carbocycles. The van der Waals surface area contributed by atoms with Gasteiger partial charge in [0.1, 0.15) is 16.5 Å². The third-order valence-electron chi connectivity index (χ3n) is 5.12. The van der Waals surface area contributed by atoms with Gasteiger partial charge in [-0.15, -0.1) is 0 Å². The fraction of sp³-hybridized carbons (Fsp3) is 0.0400. The molecule has 36 heavy (non-hydrogen) atoms. The normalized spacial score (nSPS) is 13.2. The molecular weight excluding hydrogens is 512 g/mol. The molecule has 4 rings (SSSR count). The first kappa shape index (κ1) is 24.9. The van der Waals surface area contributed by atoms with E-state index in [1.807, 2.05) is 0 Å². The Labute approximate surface area is 214 Å². The molecule has 0 aromatic heterocycles. The summed E-state index contributed by atoms with van der Waals surface area (Å²) in [6, 6.07) is 15.7. The van der Waals surface area contributed by atoms with Crippen LogP contribution in [-0.4, -0.2) is 30.8 Å². The first-order valence-electron chi connectivity index (χ1n) is 10.3. The van der Waals surface area contributed by atoms with Gasteiger partial charge in [0, 0.05) is 16.9 Å². The minimum atomic E-state index is -0.814. The Kier molecular flexibility index (Phi) is 7.05. The van der Waals surface area contributed by atoms with Gasteiger partial charge in [-0.2, -0.15) is 0 Å². The fourth-order valence-electron chi connectivity index (χ4n) is 3.40. The SMILES string of the molecule is COC(=O)c1cccc(NC(=O)c2cccc(NC3=C(Cl)C(=O)N(c4ccc(F)c(Cl)c4)C3=O)c2)c1. The zero-order valence-electron chi connectivity index (χ0n) is 18.5. The number of hydrogen-bond acceptors (Lipinski definition) is 6. The van der Waals surface area contributed by atoms with Crippen LogP contribution in [0.2, 0.25) is 5.02 Å². The summed E-state index contributed by atoms with van der Waals surface area (Å²) >= 11 is 11.9. The van der Waals surface area contributed by atoms with Gasteiger partial charge in [-0.25, -0.2) is 14.1 Å². The molecule has 0 atom stereocenters. The predicted octanol–water partition coefficient (Wildman–Crippen LogP) is 4.95. The van der Waals surface area contributed by atoms with Crippen molar-refractivity contribution in [1.29, 1.82) is 0 Å². The number of nitrogens with one attached hydrogen (secondary N) is 2. The molecule has 0 spiro atoms. The summed E-state index contributed by atoms with van der Waals surface area (Å²) < 4.78 is 18.2. The average Bonchev–Trinajstić information content (AvgIpc) is 3.08. The lowest BCUT2D eigenvalue weighted by atomic mass is 10.1. The number of methoxy groups -OCH3 is 1. The fourth-order valence-corrected chi connectivity index (χ4v) is 3.78. The van der Waals surface area contributed by atoms with E-state index in [2.05, 4.69) is 15.4 Å². The molecule has 0 aliphatic carbocycles. The molecule has 11 heteroatoms. The number of anilines is 3. The van der Waals surface area contributed by atoms with Gasteiger partial charge in [-0.1, -0.05) is 35.3 Å². The zero-order valence-corrected chi connectivity index (χ0v) is 20.0. The lowest BCUT2D eigenvalue weighted by molar-refractivity contribution is -0.120. The van der Waals surface area contributed by atoms with Gasteiger partial charge in [-0.05, 0) is 54.6 Å². The van der Waals surface area contributed by atoms with Gasteiger partial charge in [0.25, 0.3) is 17.7 Å². The maximum atomic E-state index is 13.5. The van der Waals surface area contributed by atoms with Crippen LogP contribution in [0, 0.1) is 5.82 Å². The zero-order chi connectivity index (χ0) is 26.0. The second kappa shape index (κ2) is 10.2. The Morgan fingerprint density at radius 3 is 2.25 bits per heavy atom. The smallest absolute Gasteiger partial charge is 0.337 e. The number of benzene rings is 3. The summed E-state index contributed by atoms with van der Waals surface area (Å²) in [5, 5.41) is 4.81. The summed E-state index contributed by atoms with van der Waals surface area (Å²) in [6.45, 7) is 0. The topological polar surface area (TPSA) is 105 Å². The van der Waals surface area contributed by atoms with Crippen LogP contribution in [0.3, 0.4) is 0 Å². The molecule has 0 radical (unpaired) electrons. The van der Waals surface area contributed by atoms with E-state index in [0.29, 0.717) is 11.4 Å². The van der Waals surface area contributed by atoms with Gasteiger partial charge in [0.2, 0.25) is 0 Å². The minimum absolute atomic E-state index is 0.0497. The maximum Gasteiger partial charge on any atom is 0.337 e. The van der Waals surface area contributed by atoms with E-state index in [0.717, 1.165) is 17.0 Å². The van der Waals surface area contributed by atoms with Crippen LogP contribution in [0.4, 0.5) is 21.5 Å². The van der Waals surface area contributed by atoms with Crippen molar-refractivity contribution in [2.24, 2.45) is 0 Å². The number of hydrogen-bond donors (Lipinski definition) is 2. The Morgan fingerprint density at radius 2 is 1.56 bits per heavy atom. The van der Waals surface area contributed by atoms with E-state index in [9.17, 15) is 23.6 Å². The second-order valence-electron chi connectivity index (χ2n) is 7.47. The molecule has 1 aliphatic heterocycles. The predicted molar refractivity (Wildman–Crippen MR) is 133 cm³/mol. The van der Waals surface area contributed by atoms with Crippen LogP contribution in [0.25, 0.3) is 0 Å². The molecule has 182 valence electrons. The highest BCUT2D eigenvalue weighted by molar-refractivity contribution is 6.53. The molecule has 0 unspecified atom stereocenters. The highest BCUT2D eigenvalue weighted by atomic mass is 35.5. The Hall–Kier alpha value is -4.21. The summed E-state index contributed by atoms with van der Waals surface area (Å²) in [6.07, 6.45) is 0. The van der Waals surface area contributed by atoms with Crippen LogP contribution in [0.1, 0.15) is 20.7 Å². The number of ether oxygens (including phenoxy) is 1. The number of amides is 3. The molecule has 0 bridgehead atoms.